The molecule has 3 nitrogen and oxygen atoms in total. The second-order valence-electron chi connectivity index (χ2n) is 5.72. The van der Waals surface area contributed by atoms with Gasteiger partial charge in [0.1, 0.15) is 0 Å². The van der Waals surface area contributed by atoms with Gasteiger partial charge in [-0.05, 0) is 19.3 Å². The van der Waals surface area contributed by atoms with Gasteiger partial charge in [-0.1, -0.05) is 32.6 Å². The van der Waals surface area contributed by atoms with E-state index in [0.717, 1.165) is 52.0 Å². The lowest BCUT2D eigenvalue weighted by Gasteiger charge is -2.42. The molecule has 2 fully saturated rings. The molecule has 0 unspecified atom stereocenters. The van der Waals surface area contributed by atoms with Gasteiger partial charge in [-0.2, -0.15) is 0 Å². The highest BCUT2D eigenvalue weighted by molar-refractivity contribution is 5.88. The van der Waals surface area contributed by atoms with Crippen molar-refractivity contribution in [1.29, 1.82) is 0 Å². The lowest BCUT2D eigenvalue weighted by Crippen LogP contribution is -2.56. The van der Waals surface area contributed by atoms with E-state index in [1.807, 2.05) is 0 Å². The number of carbonyl (C=O) groups is 1. The summed E-state index contributed by atoms with van der Waals surface area (Å²) in [6.45, 7) is 5.67. The summed E-state index contributed by atoms with van der Waals surface area (Å²) in [4.78, 5) is 15.1. The molecule has 1 heterocycles. The predicted molar refractivity (Wildman–Crippen MR) is 72.7 cm³/mol. The lowest BCUT2D eigenvalue weighted by atomic mass is 9.86. The second-order valence-corrected chi connectivity index (χ2v) is 5.72. The Morgan fingerprint density at radius 1 is 1.17 bits per heavy atom. The Bertz CT molecular complexity index is 266. The summed E-state index contributed by atoms with van der Waals surface area (Å²) in [7, 11) is 0. The zero-order valence-electron chi connectivity index (χ0n) is 11.7. The van der Waals surface area contributed by atoms with Crippen molar-refractivity contribution < 1.29 is 9.53 Å². The summed E-state index contributed by atoms with van der Waals surface area (Å²) in [6.07, 6.45) is 8.83. The standard InChI is InChI=1S/C15H27NO2/c1-2-3-4-7-14(17)15(8-5-6-9-15)16-10-12-18-13-11-16/h2-13H2,1H3. The van der Waals surface area contributed by atoms with Crippen molar-refractivity contribution in [2.75, 3.05) is 26.3 Å². The number of ether oxygens (including phenoxy) is 1. The number of hydrogen-bond acceptors (Lipinski definition) is 3. The molecule has 0 spiro atoms. The van der Waals surface area contributed by atoms with E-state index < -0.39 is 0 Å². The van der Waals surface area contributed by atoms with Crippen LogP contribution in [0, 0.1) is 0 Å². The fourth-order valence-electron chi connectivity index (χ4n) is 3.49. The van der Waals surface area contributed by atoms with E-state index in [9.17, 15) is 4.79 Å². The topological polar surface area (TPSA) is 29.5 Å². The van der Waals surface area contributed by atoms with Crippen LogP contribution >= 0.6 is 0 Å². The molecule has 2 aliphatic rings. The van der Waals surface area contributed by atoms with Crippen LogP contribution in [0.2, 0.25) is 0 Å². The molecule has 18 heavy (non-hydrogen) atoms. The molecule has 1 aliphatic carbocycles. The first kappa shape index (κ1) is 14.0. The third-order valence-electron chi connectivity index (χ3n) is 4.57. The maximum absolute atomic E-state index is 12.7. The third kappa shape index (κ3) is 2.94. The van der Waals surface area contributed by atoms with Gasteiger partial charge in [0.15, 0.2) is 5.78 Å². The molecule has 0 amide bonds. The first-order chi connectivity index (χ1) is 8.79. The van der Waals surface area contributed by atoms with Crippen LogP contribution in [-0.4, -0.2) is 42.5 Å². The number of rotatable bonds is 6. The molecule has 2 rings (SSSR count). The average molecular weight is 253 g/mol. The summed E-state index contributed by atoms with van der Waals surface area (Å²) >= 11 is 0. The van der Waals surface area contributed by atoms with Crippen molar-refractivity contribution in [1.82, 2.24) is 4.90 Å². The van der Waals surface area contributed by atoms with Gasteiger partial charge in [0.25, 0.3) is 0 Å². The fraction of sp³-hybridized carbons (Fsp3) is 0.933. The summed E-state index contributed by atoms with van der Waals surface area (Å²) in [5.41, 5.74) is -0.114. The zero-order chi connectivity index (χ0) is 12.8. The summed E-state index contributed by atoms with van der Waals surface area (Å²) in [6, 6.07) is 0. The highest BCUT2D eigenvalue weighted by Gasteiger charge is 2.45. The van der Waals surface area contributed by atoms with Crippen LogP contribution in [0.4, 0.5) is 0 Å². The van der Waals surface area contributed by atoms with Gasteiger partial charge < -0.3 is 4.74 Å². The van der Waals surface area contributed by atoms with Crippen LogP contribution < -0.4 is 0 Å². The number of carbonyl (C=O) groups excluding carboxylic acids is 1. The Balaban J connectivity index is 1.98. The van der Waals surface area contributed by atoms with Crippen molar-refractivity contribution in [2.24, 2.45) is 0 Å². The Labute approximate surface area is 111 Å². The predicted octanol–water partition coefficient (Wildman–Crippen LogP) is 2.78. The maximum Gasteiger partial charge on any atom is 0.153 e. The zero-order valence-corrected chi connectivity index (χ0v) is 11.7. The average Bonchev–Trinajstić information content (AvgIpc) is 2.90. The Kier molecular flexibility index (Phi) is 5.19. The molecule has 1 saturated carbocycles. The van der Waals surface area contributed by atoms with E-state index in [-0.39, 0.29) is 5.54 Å². The van der Waals surface area contributed by atoms with E-state index in [1.54, 1.807) is 0 Å². The van der Waals surface area contributed by atoms with Gasteiger partial charge in [-0.25, -0.2) is 0 Å². The summed E-state index contributed by atoms with van der Waals surface area (Å²) in [5.74, 6) is 0.510. The molecule has 1 aliphatic heterocycles. The van der Waals surface area contributed by atoms with Crippen LogP contribution in [0.15, 0.2) is 0 Å². The molecule has 0 aromatic carbocycles. The number of ketones is 1. The van der Waals surface area contributed by atoms with E-state index in [2.05, 4.69) is 11.8 Å². The molecule has 104 valence electrons. The van der Waals surface area contributed by atoms with Gasteiger partial charge >= 0.3 is 0 Å². The largest absolute Gasteiger partial charge is 0.379 e. The maximum atomic E-state index is 12.7. The van der Waals surface area contributed by atoms with Crippen LogP contribution in [0.25, 0.3) is 0 Å². The van der Waals surface area contributed by atoms with Crippen molar-refractivity contribution in [3.8, 4) is 0 Å². The summed E-state index contributed by atoms with van der Waals surface area (Å²) < 4.78 is 5.43. The summed E-state index contributed by atoms with van der Waals surface area (Å²) in [5, 5.41) is 0. The van der Waals surface area contributed by atoms with Crippen molar-refractivity contribution in [3.05, 3.63) is 0 Å². The Morgan fingerprint density at radius 2 is 1.83 bits per heavy atom. The van der Waals surface area contributed by atoms with Crippen molar-refractivity contribution in [3.63, 3.8) is 0 Å². The normalized spacial score (nSPS) is 24.3. The fourth-order valence-corrected chi connectivity index (χ4v) is 3.49. The van der Waals surface area contributed by atoms with E-state index in [4.69, 9.17) is 4.74 Å². The number of Topliss-reactive ketones (excluding diaryl/α,β-unsaturated/α-hetero) is 1. The number of hydrogen-bond donors (Lipinski definition) is 0. The van der Waals surface area contributed by atoms with Crippen LogP contribution in [0.3, 0.4) is 0 Å². The molecule has 0 atom stereocenters. The molecule has 0 aromatic rings. The van der Waals surface area contributed by atoms with Gasteiger partial charge in [-0.3, -0.25) is 9.69 Å². The van der Waals surface area contributed by atoms with Gasteiger partial charge in [0, 0.05) is 19.5 Å². The van der Waals surface area contributed by atoms with E-state index in [1.165, 1.54) is 25.7 Å². The van der Waals surface area contributed by atoms with Crippen molar-refractivity contribution in [2.45, 2.75) is 63.8 Å². The molecule has 0 bridgehead atoms. The minimum Gasteiger partial charge on any atom is -0.379 e. The first-order valence-electron chi connectivity index (χ1n) is 7.66. The molecule has 0 radical (unpaired) electrons. The lowest BCUT2D eigenvalue weighted by molar-refractivity contribution is -0.134. The van der Waals surface area contributed by atoms with Gasteiger partial charge in [0.05, 0.1) is 18.8 Å². The number of nitrogens with zero attached hydrogens (tertiary/aromatic N) is 1. The van der Waals surface area contributed by atoms with Gasteiger partial charge in [-0.15, -0.1) is 0 Å². The highest BCUT2D eigenvalue weighted by Crippen LogP contribution is 2.37. The molecular formula is C15H27NO2. The SMILES string of the molecule is CCCCCC(=O)C1(N2CCOCC2)CCCC1. The second kappa shape index (κ2) is 6.67. The Hall–Kier alpha value is -0.410. The first-order valence-corrected chi connectivity index (χ1v) is 7.66. The van der Waals surface area contributed by atoms with Crippen molar-refractivity contribution >= 4 is 5.78 Å². The third-order valence-corrected chi connectivity index (χ3v) is 4.57. The Morgan fingerprint density at radius 3 is 2.44 bits per heavy atom. The van der Waals surface area contributed by atoms with Crippen LogP contribution in [-0.2, 0) is 9.53 Å². The highest BCUT2D eigenvalue weighted by atomic mass is 16.5. The van der Waals surface area contributed by atoms with Crippen LogP contribution in [0.1, 0.15) is 58.3 Å². The monoisotopic (exact) mass is 253 g/mol. The quantitative estimate of drug-likeness (QED) is 0.682. The molecular weight excluding hydrogens is 226 g/mol. The molecule has 1 saturated heterocycles. The van der Waals surface area contributed by atoms with Crippen LogP contribution in [0.5, 0.6) is 0 Å². The van der Waals surface area contributed by atoms with E-state index in [0.29, 0.717) is 5.78 Å². The number of morpholine rings is 1. The van der Waals surface area contributed by atoms with E-state index >= 15 is 0 Å². The molecule has 3 heteroatoms. The molecule has 0 N–H and O–H groups in total. The smallest absolute Gasteiger partial charge is 0.153 e. The van der Waals surface area contributed by atoms with Gasteiger partial charge in [0.2, 0.25) is 0 Å². The molecule has 0 aromatic heterocycles. The minimum atomic E-state index is -0.114. The number of unbranched alkanes of at least 4 members (excludes halogenated alkanes) is 2. The minimum absolute atomic E-state index is 0.114.